The number of fused-ring (bicyclic) bond motifs is 1. The Kier molecular flexibility index (Phi) is 5.09. The molecule has 0 bridgehead atoms. The number of esters is 1. The van der Waals surface area contributed by atoms with Crippen molar-refractivity contribution in [3.8, 4) is 0 Å². The normalized spacial score (nSPS) is 11.6. The van der Waals surface area contributed by atoms with E-state index in [0.29, 0.717) is 6.61 Å². The topological polar surface area (TPSA) is 43.6 Å². The Balaban J connectivity index is 1.88. The van der Waals surface area contributed by atoms with Crippen molar-refractivity contribution in [3.63, 3.8) is 0 Å². The van der Waals surface area contributed by atoms with Gasteiger partial charge in [0.1, 0.15) is 0 Å². The van der Waals surface area contributed by atoms with Crippen molar-refractivity contribution < 1.29 is 9.53 Å². The third-order valence-corrected chi connectivity index (χ3v) is 3.95. The second-order valence-corrected chi connectivity index (χ2v) is 5.59. The van der Waals surface area contributed by atoms with Gasteiger partial charge in [0, 0.05) is 29.6 Å². The van der Waals surface area contributed by atoms with Gasteiger partial charge in [0.05, 0.1) is 24.2 Å². The fraction of sp³-hybridized carbons (Fsp3) is 0.143. The molecule has 3 rings (SSSR count). The van der Waals surface area contributed by atoms with E-state index >= 15 is 0 Å². The van der Waals surface area contributed by atoms with Crippen molar-refractivity contribution in [2.24, 2.45) is 12.0 Å². The van der Waals surface area contributed by atoms with E-state index in [1.54, 1.807) is 13.0 Å². The summed E-state index contributed by atoms with van der Waals surface area (Å²) in [6.45, 7) is 2.15. The first kappa shape index (κ1) is 16.7. The highest BCUT2D eigenvalue weighted by Gasteiger charge is 2.03. The molecule has 4 nitrogen and oxygen atoms in total. The number of rotatable bonds is 5. The van der Waals surface area contributed by atoms with Gasteiger partial charge in [0.15, 0.2) is 0 Å². The molecule has 1 heterocycles. The van der Waals surface area contributed by atoms with Crippen molar-refractivity contribution in [1.29, 1.82) is 0 Å². The Morgan fingerprint density at radius 1 is 1.16 bits per heavy atom. The van der Waals surface area contributed by atoms with Gasteiger partial charge in [0.25, 0.3) is 0 Å². The summed E-state index contributed by atoms with van der Waals surface area (Å²) in [6.07, 6.45) is 5.00. The number of para-hydroxylation sites is 2. The second kappa shape index (κ2) is 7.62. The zero-order chi connectivity index (χ0) is 17.6. The van der Waals surface area contributed by atoms with Crippen molar-refractivity contribution >= 4 is 34.9 Å². The lowest BCUT2D eigenvalue weighted by Gasteiger charge is -2.01. The maximum atomic E-state index is 11.5. The number of aliphatic imine (C=N–C) groups is 1. The maximum absolute atomic E-state index is 11.5. The lowest BCUT2D eigenvalue weighted by atomic mass is 10.1. The summed E-state index contributed by atoms with van der Waals surface area (Å²) in [6, 6.07) is 18.0. The van der Waals surface area contributed by atoms with Gasteiger partial charge < -0.3 is 9.30 Å². The molecule has 2 aromatic carbocycles. The van der Waals surface area contributed by atoms with E-state index in [2.05, 4.69) is 27.8 Å². The molecule has 126 valence electrons. The molecule has 0 aliphatic carbocycles. The molecule has 3 aromatic rings. The summed E-state index contributed by atoms with van der Waals surface area (Å²) in [5.41, 5.74) is 3.85. The molecule has 0 radical (unpaired) electrons. The van der Waals surface area contributed by atoms with Gasteiger partial charge in [-0.3, -0.25) is 4.99 Å². The zero-order valence-electron chi connectivity index (χ0n) is 14.3. The molecule has 25 heavy (non-hydrogen) atoms. The molecule has 0 aliphatic heterocycles. The smallest absolute Gasteiger partial charge is 0.330 e. The predicted octanol–water partition coefficient (Wildman–Crippen LogP) is 4.51. The highest BCUT2D eigenvalue weighted by Crippen LogP contribution is 2.22. The Morgan fingerprint density at radius 2 is 1.92 bits per heavy atom. The standard InChI is InChI=1S/C21H20N2O2/c1-3-25-21(24)13-12-16-8-4-6-10-19(16)22-15-18-14-17-9-5-7-11-20(17)23(18)2/h4-15H,3H2,1-2H3/b13-12+,22-15?. The van der Waals surface area contributed by atoms with E-state index in [-0.39, 0.29) is 5.97 Å². The van der Waals surface area contributed by atoms with Crippen molar-refractivity contribution in [1.82, 2.24) is 4.57 Å². The molecule has 0 aliphatic rings. The van der Waals surface area contributed by atoms with Crippen LogP contribution in [0, 0.1) is 0 Å². The van der Waals surface area contributed by atoms with Crippen LogP contribution in [0.15, 0.2) is 65.7 Å². The van der Waals surface area contributed by atoms with Crippen LogP contribution in [0.2, 0.25) is 0 Å². The van der Waals surface area contributed by atoms with Gasteiger partial charge in [0.2, 0.25) is 0 Å². The molecule has 4 heteroatoms. The molecule has 1 aromatic heterocycles. The third-order valence-electron chi connectivity index (χ3n) is 3.95. The molecule has 0 atom stereocenters. The summed E-state index contributed by atoms with van der Waals surface area (Å²) in [5.74, 6) is -0.352. The Morgan fingerprint density at radius 3 is 2.72 bits per heavy atom. The van der Waals surface area contributed by atoms with E-state index in [0.717, 1.165) is 16.9 Å². The summed E-state index contributed by atoms with van der Waals surface area (Å²) in [4.78, 5) is 16.1. The minimum atomic E-state index is -0.352. The number of hydrogen-bond donors (Lipinski definition) is 0. The number of benzene rings is 2. The van der Waals surface area contributed by atoms with Gasteiger partial charge in [-0.15, -0.1) is 0 Å². The van der Waals surface area contributed by atoms with Gasteiger partial charge in [-0.1, -0.05) is 36.4 Å². The fourth-order valence-electron chi connectivity index (χ4n) is 2.66. The van der Waals surface area contributed by atoms with Gasteiger partial charge >= 0.3 is 5.97 Å². The number of carbonyl (C=O) groups is 1. The summed E-state index contributed by atoms with van der Waals surface area (Å²) in [5, 5.41) is 1.18. The molecular formula is C21H20N2O2. The summed E-state index contributed by atoms with van der Waals surface area (Å²) in [7, 11) is 2.02. The highest BCUT2D eigenvalue weighted by molar-refractivity contribution is 5.92. The maximum Gasteiger partial charge on any atom is 0.330 e. The highest BCUT2D eigenvalue weighted by atomic mass is 16.5. The van der Waals surface area contributed by atoms with Crippen molar-refractivity contribution in [2.75, 3.05) is 6.61 Å². The summed E-state index contributed by atoms with van der Waals surface area (Å²) < 4.78 is 7.02. The van der Waals surface area contributed by atoms with Gasteiger partial charge in [-0.2, -0.15) is 0 Å². The molecule has 0 saturated carbocycles. The van der Waals surface area contributed by atoms with Gasteiger partial charge in [-0.05, 0) is 31.2 Å². The van der Waals surface area contributed by atoms with E-state index < -0.39 is 0 Å². The van der Waals surface area contributed by atoms with Crippen LogP contribution in [-0.4, -0.2) is 23.4 Å². The van der Waals surface area contributed by atoms with Crippen LogP contribution in [0.25, 0.3) is 17.0 Å². The van der Waals surface area contributed by atoms with Crippen molar-refractivity contribution in [3.05, 3.63) is 71.9 Å². The number of ether oxygens (including phenoxy) is 1. The lowest BCUT2D eigenvalue weighted by molar-refractivity contribution is -0.137. The van der Waals surface area contributed by atoms with Gasteiger partial charge in [-0.25, -0.2) is 4.79 Å². The van der Waals surface area contributed by atoms with E-state index in [1.807, 2.05) is 49.7 Å². The molecular weight excluding hydrogens is 312 g/mol. The van der Waals surface area contributed by atoms with E-state index in [9.17, 15) is 4.79 Å². The first-order valence-corrected chi connectivity index (χ1v) is 8.21. The fourth-order valence-corrected chi connectivity index (χ4v) is 2.66. The van der Waals surface area contributed by atoms with Crippen LogP contribution in [0.3, 0.4) is 0 Å². The number of carbonyl (C=O) groups excluding carboxylic acids is 1. The van der Waals surface area contributed by atoms with E-state index in [1.165, 1.54) is 17.0 Å². The van der Waals surface area contributed by atoms with Crippen molar-refractivity contribution in [2.45, 2.75) is 6.92 Å². The molecule has 0 N–H and O–H groups in total. The molecule has 0 amide bonds. The zero-order valence-corrected chi connectivity index (χ0v) is 14.3. The lowest BCUT2D eigenvalue weighted by Crippen LogP contribution is -1.98. The quantitative estimate of drug-likeness (QED) is 0.392. The number of hydrogen-bond acceptors (Lipinski definition) is 3. The number of aromatic nitrogens is 1. The Hall–Kier alpha value is -3.14. The molecule has 0 saturated heterocycles. The first-order valence-electron chi connectivity index (χ1n) is 8.21. The van der Waals surface area contributed by atoms with Crippen LogP contribution in [0.4, 0.5) is 5.69 Å². The number of nitrogens with zero attached hydrogens (tertiary/aromatic N) is 2. The molecule has 0 fully saturated rings. The minimum absolute atomic E-state index is 0.352. The third kappa shape index (κ3) is 3.86. The Bertz CT molecular complexity index is 951. The monoisotopic (exact) mass is 332 g/mol. The second-order valence-electron chi connectivity index (χ2n) is 5.59. The summed E-state index contributed by atoms with van der Waals surface area (Å²) >= 11 is 0. The molecule has 0 spiro atoms. The average Bonchev–Trinajstić information content (AvgIpc) is 2.95. The number of aryl methyl sites for hydroxylation is 1. The SMILES string of the molecule is CCOC(=O)/C=C/c1ccccc1N=Cc1cc2ccccc2n1C. The molecule has 0 unspecified atom stereocenters. The van der Waals surface area contributed by atoms with Crippen LogP contribution >= 0.6 is 0 Å². The van der Waals surface area contributed by atoms with Crippen LogP contribution in [0.1, 0.15) is 18.2 Å². The van der Waals surface area contributed by atoms with Crippen LogP contribution in [-0.2, 0) is 16.6 Å². The first-order chi connectivity index (χ1) is 12.2. The Labute approximate surface area is 147 Å². The van der Waals surface area contributed by atoms with E-state index in [4.69, 9.17) is 4.74 Å². The minimum Gasteiger partial charge on any atom is -0.463 e. The largest absolute Gasteiger partial charge is 0.463 e. The average molecular weight is 332 g/mol. The predicted molar refractivity (Wildman–Crippen MR) is 102 cm³/mol. The van der Waals surface area contributed by atoms with Crippen LogP contribution < -0.4 is 0 Å². The van der Waals surface area contributed by atoms with Crippen LogP contribution in [0.5, 0.6) is 0 Å².